The molecule has 0 saturated carbocycles. The fraction of sp³-hybridized carbons (Fsp3) is 0.100. The van der Waals surface area contributed by atoms with E-state index < -0.39 is 5.97 Å². The van der Waals surface area contributed by atoms with Gasteiger partial charge in [-0.25, -0.2) is 4.79 Å². The molecule has 0 aliphatic carbocycles. The van der Waals surface area contributed by atoms with Crippen LogP contribution < -0.4 is 0 Å². The Hall–Kier alpha value is -0.800. The van der Waals surface area contributed by atoms with Crippen LogP contribution in [0.1, 0.15) is 11.1 Å². The van der Waals surface area contributed by atoms with Crippen LogP contribution in [0.2, 0.25) is 5.02 Å². The first-order chi connectivity index (χ1) is 6.63. The highest BCUT2D eigenvalue weighted by Crippen LogP contribution is 2.19. The summed E-state index contributed by atoms with van der Waals surface area (Å²) in [5.74, 6) is -0.958. The van der Waals surface area contributed by atoms with E-state index in [1.54, 1.807) is 24.3 Å². The number of carboxylic acid groups (broad SMARTS) is 1. The summed E-state index contributed by atoms with van der Waals surface area (Å²) >= 11 is 9.11. The third kappa shape index (κ3) is 3.16. The predicted octanol–water partition coefficient (Wildman–Crippen LogP) is 3.33. The van der Waals surface area contributed by atoms with Gasteiger partial charge in [-0.1, -0.05) is 33.6 Å². The van der Waals surface area contributed by atoms with Crippen LogP contribution >= 0.6 is 27.5 Å². The summed E-state index contributed by atoms with van der Waals surface area (Å²) in [6.45, 7) is 0. The van der Waals surface area contributed by atoms with Crippen molar-refractivity contribution in [3.8, 4) is 0 Å². The van der Waals surface area contributed by atoms with Gasteiger partial charge in [0.15, 0.2) is 0 Å². The summed E-state index contributed by atoms with van der Waals surface area (Å²) < 4.78 is 0. The Kier molecular flexibility index (Phi) is 4.17. The highest BCUT2D eigenvalue weighted by Gasteiger charge is 1.99. The lowest BCUT2D eigenvalue weighted by molar-refractivity contribution is -0.131. The summed E-state index contributed by atoms with van der Waals surface area (Å²) in [4.78, 5) is 10.3. The van der Waals surface area contributed by atoms with E-state index in [-0.39, 0.29) is 0 Å². The zero-order chi connectivity index (χ0) is 10.6. The highest BCUT2D eigenvalue weighted by atomic mass is 79.9. The summed E-state index contributed by atoms with van der Waals surface area (Å²) in [6.07, 6.45) is 2.66. The van der Waals surface area contributed by atoms with Crippen molar-refractivity contribution in [3.05, 3.63) is 40.4 Å². The van der Waals surface area contributed by atoms with Gasteiger partial charge < -0.3 is 5.11 Å². The van der Waals surface area contributed by atoms with Crippen molar-refractivity contribution in [1.82, 2.24) is 0 Å². The molecule has 0 amide bonds. The fourth-order valence-electron chi connectivity index (χ4n) is 1.01. The molecule has 0 fully saturated rings. The molecule has 0 saturated heterocycles. The molecule has 0 atom stereocenters. The zero-order valence-electron chi connectivity index (χ0n) is 7.21. The van der Waals surface area contributed by atoms with Crippen LogP contribution in [0.5, 0.6) is 0 Å². The molecule has 0 heterocycles. The van der Waals surface area contributed by atoms with Gasteiger partial charge in [-0.2, -0.15) is 0 Å². The van der Waals surface area contributed by atoms with Crippen molar-refractivity contribution in [1.29, 1.82) is 0 Å². The van der Waals surface area contributed by atoms with Crippen LogP contribution in [0, 0.1) is 0 Å². The molecule has 74 valence electrons. The minimum atomic E-state index is -0.958. The van der Waals surface area contributed by atoms with Crippen molar-refractivity contribution in [3.63, 3.8) is 0 Å². The zero-order valence-corrected chi connectivity index (χ0v) is 9.55. The molecule has 0 radical (unpaired) electrons. The molecule has 0 aliphatic heterocycles. The van der Waals surface area contributed by atoms with Crippen molar-refractivity contribution in [2.45, 2.75) is 5.33 Å². The lowest BCUT2D eigenvalue weighted by Gasteiger charge is -2.02. The average Bonchev–Trinajstić information content (AvgIpc) is 2.15. The summed E-state index contributed by atoms with van der Waals surface area (Å²) in [7, 11) is 0. The maximum Gasteiger partial charge on any atom is 0.328 e. The quantitative estimate of drug-likeness (QED) is 0.678. The molecule has 0 aromatic heterocycles. The molecule has 4 heteroatoms. The van der Waals surface area contributed by atoms with Crippen LogP contribution in [0.3, 0.4) is 0 Å². The molecule has 2 nitrogen and oxygen atoms in total. The number of hydrogen-bond acceptors (Lipinski definition) is 1. The van der Waals surface area contributed by atoms with Gasteiger partial charge in [-0.05, 0) is 29.3 Å². The summed E-state index contributed by atoms with van der Waals surface area (Å²) in [5, 5.41) is 9.76. The Balaban J connectivity index is 3.02. The van der Waals surface area contributed by atoms with Crippen LogP contribution in [0.15, 0.2) is 24.3 Å². The molecule has 1 rings (SSSR count). The van der Waals surface area contributed by atoms with E-state index in [4.69, 9.17) is 16.7 Å². The molecule has 14 heavy (non-hydrogen) atoms. The largest absolute Gasteiger partial charge is 0.478 e. The first-order valence-corrected chi connectivity index (χ1v) is 5.39. The van der Waals surface area contributed by atoms with Crippen molar-refractivity contribution in [2.75, 3.05) is 0 Å². The Morgan fingerprint density at radius 2 is 2.29 bits per heavy atom. The second-order valence-corrected chi connectivity index (χ2v) is 3.65. The molecule has 1 N–H and O–H groups in total. The average molecular weight is 276 g/mol. The number of hydrogen-bond donors (Lipinski definition) is 1. The first-order valence-electron chi connectivity index (χ1n) is 3.89. The van der Waals surface area contributed by atoms with Gasteiger partial charge in [0.25, 0.3) is 0 Å². The first kappa shape index (κ1) is 11.3. The molecular formula is C10H8BrClO2. The molecule has 0 bridgehead atoms. The minimum absolute atomic E-state index is 0.645. The van der Waals surface area contributed by atoms with Gasteiger partial charge >= 0.3 is 5.97 Å². The summed E-state index contributed by atoms with van der Waals surface area (Å²) in [5.41, 5.74) is 1.82. The third-order valence-electron chi connectivity index (χ3n) is 1.65. The lowest BCUT2D eigenvalue weighted by Crippen LogP contribution is -1.88. The smallest absolute Gasteiger partial charge is 0.328 e. The number of rotatable bonds is 3. The molecule has 1 aromatic carbocycles. The van der Waals surface area contributed by atoms with Gasteiger partial charge in [0.05, 0.1) is 0 Å². The van der Waals surface area contributed by atoms with E-state index in [1.165, 1.54) is 0 Å². The van der Waals surface area contributed by atoms with Crippen molar-refractivity contribution in [2.24, 2.45) is 0 Å². The van der Waals surface area contributed by atoms with E-state index in [2.05, 4.69) is 15.9 Å². The van der Waals surface area contributed by atoms with Crippen LogP contribution in [-0.4, -0.2) is 11.1 Å². The highest BCUT2D eigenvalue weighted by molar-refractivity contribution is 9.08. The van der Waals surface area contributed by atoms with Gasteiger partial charge in [0.1, 0.15) is 0 Å². The van der Waals surface area contributed by atoms with Crippen LogP contribution in [-0.2, 0) is 10.1 Å². The number of carbonyl (C=O) groups is 1. The second-order valence-electron chi connectivity index (χ2n) is 2.65. The van der Waals surface area contributed by atoms with E-state index in [0.29, 0.717) is 10.4 Å². The van der Waals surface area contributed by atoms with E-state index >= 15 is 0 Å². The molecule has 0 aliphatic rings. The summed E-state index contributed by atoms with van der Waals surface area (Å²) in [6, 6.07) is 5.32. The second kappa shape index (κ2) is 5.17. The number of alkyl halides is 1. The maximum absolute atomic E-state index is 10.3. The van der Waals surface area contributed by atoms with Gasteiger partial charge in [-0.3, -0.25) is 0 Å². The van der Waals surface area contributed by atoms with E-state index in [1.807, 2.05) is 0 Å². The Bertz CT molecular complexity index is 374. The van der Waals surface area contributed by atoms with E-state index in [0.717, 1.165) is 17.2 Å². The number of aliphatic carboxylic acids is 1. The topological polar surface area (TPSA) is 37.3 Å². The van der Waals surface area contributed by atoms with Crippen molar-refractivity contribution >= 4 is 39.6 Å². The SMILES string of the molecule is O=C(O)/C=C\c1ccc(Cl)cc1CBr. The van der Waals surface area contributed by atoms with Crippen LogP contribution in [0.25, 0.3) is 6.08 Å². The molecule has 1 aromatic rings. The Morgan fingerprint density at radius 3 is 2.86 bits per heavy atom. The van der Waals surface area contributed by atoms with Gasteiger partial charge in [0, 0.05) is 16.4 Å². The number of carboxylic acids is 1. The van der Waals surface area contributed by atoms with Gasteiger partial charge in [0.2, 0.25) is 0 Å². The monoisotopic (exact) mass is 274 g/mol. The Labute approximate surface area is 95.3 Å². The number of halogens is 2. The van der Waals surface area contributed by atoms with Crippen LogP contribution in [0.4, 0.5) is 0 Å². The number of benzene rings is 1. The van der Waals surface area contributed by atoms with E-state index in [9.17, 15) is 4.79 Å². The normalized spacial score (nSPS) is 10.7. The van der Waals surface area contributed by atoms with Gasteiger partial charge in [-0.15, -0.1) is 0 Å². The minimum Gasteiger partial charge on any atom is -0.478 e. The molecule has 0 unspecified atom stereocenters. The third-order valence-corrected chi connectivity index (χ3v) is 2.49. The van der Waals surface area contributed by atoms with Crippen molar-refractivity contribution < 1.29 is 9.90 Å². The lowest BCUT2D eigenvalue weighted by atomic mass is 10.1. The molecule has 0 spiro atoms. The maximum atomic E-state index is 10.3. The fourth-order valence-corrected chi connectivity index (χ4v) is 1.69. The predicted molar refractivity (Wildman–Crippen MR) is 60.8 cm³/mol. The standard InChI is InChI=1S/C10H8BrClO2/c11-6-8-5-9(12)3-1-7(8)2-4-10(13)14/h1-5H,6H2,(H,13,14)/b4-2-. The Morgan fingerprint density at radius 1 is 1.57 bits per heavy atom. The molecular weight excluding hydrogens is 267 g/mol.